The molecule has 0 unspecified atom stereocenters. The molecule has 0 atom stereocenters. The van der Waals surface area contributed by atoms with Crippen molar-refractivity contribution in [3.05, 3.63) is 35.4 Å². The Morgan fingerprint density at radius 2 is 1.44 bits per heavy atom. The number of benzene rings is 1. The van der Waals surface area contributed by atoms with E-state index < -0.39 is 5.54 Å². The van der Waals surface area contributed by atoms with E-state index in [0.717, 1.165) is 12.3 Å². The summed E-state index contributed by atoms with van der Waals surface area (Å²) >= 11 is 0. The molecule has 1 aliphatic carbocycles. The Hall–Kier alpha value is -0.900. The highest BCUT2D eigenvalue weighted by Gasteiger charge is 2.22. The number of hydrogen-bond donors (Lipinski definition) is 3. The number of rotatable bonds is 11. The fraction of sp³-hybridized carbons (Fsp3) is 0.727. The molecule has 1 saturated carbocycles. The smallest absolute Gasteiger partial charge is 0.0633 e. The molecule has 3 nitrogen and oxygen atoms in total. The fourth-order valence-electron chi connectivity index (χ4n) is 3.89. The van der Waals surface area contributed by atoms with Crippen LogP contribution in [0.2, 0.25) is 0 Å². The van der Waals surface area contributed by atoms with E-state index >= 15 is 0 Å². The van der Waals surface area contributed by atoms with Crippen LogP contribution >= 0.6 is 0 Å². The highest BCUT2D eigenvalue weighted by atomic mass is 16.3. The van der Waals surface area contributed by atoms with E-state index in [2.05, 4.69) is 24.3 Å². The fourth-order valence-corrected chi connectivity index (χ4v) is 3.89. The van der Waals surface area contributed by atoms with E-state index in [1.54, 1.807) is 0 Å². The first-order valence-corrected chi connectivity index (χ1v) is 10.2. The van der Waals surface area contributed by atoms with Gasteiger partial charge in [0, 0.05) is 0 Å². The maximum absolute atomic E-state index is 9.25. The zero-order valence-electron chi connectivity index (χ0n) is 15.8. The second-order valence-corrected chi connectivity index (χ2v) is 8.10. The zero-order chi connectivity index (χ0) is 18.0. The number of nitrogens with two attached hydrogens (primary N) is 1. The molecule has 1 aromatic rings. The molecule has 0 aliphatic heterocycles. The summed E-state index contributed by atoms with van der Waals surface area (Å²) < 4.78 is 0. The van der Waals surface area contributed by atoms with Crippen LogP contribution in [0.25, 0.3) is 0 Å². The third kappa shape index (κ3) is 7.47. The molecular weight excluding hydrogens is 310 g/mol. The molecule has 142 valence electrons. The van der Waals surface area contributed by atoms with Gasteiger partial charge in [-0.25, -0.2) is 0 Å². The van der Waals surface area contributed by atoms with Gasteiger partial charge in [-0.1, -0.05) is 75.6 Å². The molecule has 4 N–H and O–H groups in total. The molecule has 0 radical (unpaired) electrons. The Kier molecular flexibility index (Phi) is 8.94. The third-order valence-corrected chi connectivity index (χ3v) is 5.87. The lowest BCUT2D eigenvalue weighted by Gasteiger charge is -2.24. The van der Waals surface area contributed by atoms with Gasteiger partial charge in [0.15, 0.2) is 0 Å². The van der Waals surface area contributed by atoms with Crippen molar-refractivity contribution in [2.24, 2.45) is 11.7 Å². The van der Waals surface area contributed by atoms with Crippen molar-refractivity contribution >= 4 is 0 Å². The molecule has 1 aromatic carbocycles. The average molecular weight is 348 g/mol. The Morgan fingerprint density at radius 3 is 2.04 bits per heavy atom. The van der Waals surface area contributed by atoms with Crippen LogP contribution in [0.4, 0.5) is 0 Å². The van der Waals surface area contributed by atoms with E-state index in [4.69, 9.17) is 5.73 Å². The molecule has 1 aliphatic rings. The summed E-state index contributed by atoms with van der Waals surface area (Å²) in [6.45, 7) is -0.356. The minimum atomic E-state index is -0.864. The van der Waals surface area contributed by atoms with Crippen LogP contribution < -0.4 is 5.73 Å². The van der Waals surface area contributed by atoms with Crippen LogP contribution in [0.5, 0.6) is 0 Å². The van der Waals surface area contributed by atoms with Gasteiger partial charge in [0.1, 0.15) is 0 Å². The molecule has 0 heterocycles. The lowest BCUT2D eigenvalue weighted by Crippen LogP contribution is -2.47. The van der Waals surface area contributed by atoms with Gasteiger partial charge in [-0.15, -0.1) is 0 Å². The first-order valence-electron chi connectivity index (χ1n) is 10.2. The van der Waals surface area contributed by atoms with E-state index in [0.29, 0.717) is 6.42 Å². The largest absolute Gasteiger partial charge is 0.394 e. The van der Waals surface area contributed by atoms with Crippen molar-refractivity contribution in [2.75, 3.05) is 13.2 Å². The monoisotopic (exact) mass is 347 g/mol. The topological polar surface area (TPSA) is 66.5 Å². The van der Waals surface area contributed by atoms with Gasteiger partial charge >= 0.3 is 0 Å². The van der Waals surface area contributed by atoms with Gasteiger partial charge < -0.3 is 15.9 Å². The summed E-state index contributed by atoms with van der Waals surface area (Å²) in [4.78, 5) is 0. The lowest BCUT2D eigenvalue weighted by atomic mass is 9.85. The molecule has 25 heavy (non-hydrogen) atoms. The van der Waals surface area contributed by atoms with Crippen LogP contribution in [0.3, 0.4) is 0 Å². The van der Waals surface area contributed by atoms with Gasteiger partial charge in [0.25, 0.3) is 0 Å². The maximum atomic E-state index is 9.25. The molecule has 0 spiro atoms. The van der Waals surface area contributed by atoms with Crippen molar-refractivity contribution < 1.29 is 10.2 Å². The predicted molar refractivity (Wildman–Crippen MR) is 105 cm³/mol. The maximum Gasteiger partial charge on any atom is 0.0633 e. The Bertz CT molecular complexity index is 461. The summed E-state index contributed by atoms with van der Waals surface area (Å²) in [5.74, 6) is 1.01. The van der Waals surface area contributed by atoms with Crippen LogP contribution in [0.15, 0.2) is 24.3 Å². The summed E-state index contributed by atoms with van der Waals surface area (Å²) in [5.41, 5.74) is 7.69. The summed E-state index contributed by atoms with van der Waals surface area (Å²) in [5, 5.41) is 18.5. The van der Waals surface area contributed by atoms with Crippen molar-refractivity contribution in [3.63, 3.8) is 0 Å². The quantitative estimate of drug-likeness (QED) is 0.530. The molecule has 0 saturated heterocycles. The number of aliphatic hydroxyl groups excluding tert-OH is 2. The molecule has 0 bridgehead atoms. The number of aliphatic hydroxyl groups is 2. The van der Waals surface area contributed by atoms with Gasteiger partial charge in [0.05, 0.1) is 18.8 Å². The minimum Gasteiger partial charge on any atom is -0.394 e. The Morgan fingerprint density at radius 1 is 0.840 bits per heavy atom. The van der Waals surface area contributed by atoms with Crippen LogP contribution in [-0.4, -0.2) is 29.0 Å². The second kappa shape index (κ2) is 10.9. The Labute approximate surface area is 153 Å². The predicted octanol–water partition coefficient (Wildman–Crippen LogP) is 3.98. The molecule has 3 heteroatoms. The van der Waals surface area contributed by atoms with Crippen molar-refractivity contribution in [1.29, 1.82) is 0 Å². The molecule has 0 amide bonds. The molecule has 1 fully saturated rings. The van der Waals surface area contributed by atoms with E-state index in [9.17, 15) is 10.2 Å². The van der Waals surface area contributed by atoms with Gasteiger partial charge in [-0.05, 0) is 42.7 Å². The normalized spacial score (nSPS) is 16.3. The first kappa shape index (κ1) is 20.4. The summed E-state index contributed by atoms with van der Waals surface area (Å²) in [6.07, 6.45) is 15.3. The molecule has 0 aromatic heterocycles. The van der Waals surface area contributed by atoms with Gasteiger partial charge in [-0.2, -0.15) is 0 Å². The highest BCUT2D eigenvalue weighted by Crippen LogP contribution is 2.28. The average Bonchev–Trinajstić information content (AvgIpc) is 2.67. The first-order chi connectivity index (χ1) is 12.1. The highest BCUT2D eigenvalue weighted by molar-refractivity contribution is 5.23. The van der Waals surface area contributed by atoms with Crippen LogP contribution in [0.1, 0.15) is 75.3 Å². The van der Waals surface area contributed by atoms with Crippen LogP contribution in [-0.2, 0) is 12.8 Å². The summed E-state index contributed by atoms with van der Waals surface area (Å²) in [7, 11) is 0. The molecule has 2 rings (SSSR count). The van der Waals surface area contributed by atoms with Gasteiger partial charge in [0.2, 0.25) is 0 Å². The Balaban J connectivity index is 1.61. The number of hydrogen-bond acceptors (Lipinski definition) is 3. The summed E-state index contributed by atoms with van der Waals surface area (Å²) in [6, 6.07) is 8.75. The third-order valence-electron chi connectivity index (χ3n) is 5.87. The minimum absolute atomic E-state index is 0.178. The zero-order valence-corrected chi connectivity index (χ0v) is 15.8. The lowest BCUT2D eigenvalue weighted by molar-refractivity contribution is 0.115. The SMILES string of the molecule is NC(CO)(CO)CCc1ccc(CCCCCC2CCCCC2)cc1. The van der Waals surface area contributed by atoms with E-state index in [-0.39, 0.29) is 13.2 Å². The van der Waals surface area contributed by atoms with Crippen molar-refractivity contribution in [3.8, 4) is 0 Å². The van der Waals surface area contributed by atoms with Crippen molar-refractivity contribution in [2.45, 2.75) is 82.6 Å². The number of aryl methyl sites for hydroxylation is 2. The number of unbranched alkanes of at least 4 members (excludes halogenated alkanes) is 2. The molecular formula is C22H37NO2. The second-order valence-electron chi connectivity index (χ2n) is 8.10. The van der Waals surface area contributed by atoms with E-state index in [1.807, 2.05) is 0 Å². The van der Waals surface area contributed by atoms with Crippen LogP contribution in [0, 0.1) is 5.92 Å². The van der Waals surface area contributed by atoms with Crippen molar-refractivity contribution in [1.82, 2.24) is 0 Å². The van der Waals surface area contributed by atoms with Gasteiger partial charge in [-0.3, -0.25) is 0 Å². The van der Waals surface area contributed by atoms with E-state index in [1.165, 1.54) is 75.3 Å². The standard InChI is InChI=1S/C22H37NO2/c23-22(17-24,18-25)16-15-21-13-11-20(12-14-21)10-6-2-5-9-19-7-3-1-4-8-19/h11-14,19,24-25H,1-10,15-18,23H2.